The molecule has 6 nitrogen and oxygen atoms in total. The summed E-state index contributed by atoms with van der Waals surface area (Å²) in [5, 5.41) is 6.88. The quantitative estimate of drug-likeness (QED) is 0.871. The number of primary sulfonamides is 1. The number of hydrogen-bond acceptors (Lipinski definition) is 4. The number of halogens is 1. The molecule has 0 spiro atoms. The minimum absolute atomic E-state index is 0.131. The summed E-state index contributed by atoms with van der Waals surface area (Å²) in [4.78, 5) is 18.1. The smallest absolute Gasteiger partial charge is 0.228 e. The third kappa shape index (κ3) is 2.99. The molecule has 1 unspecified atom stereocenters. The fraction of sp³-hybridized carbons (Fsp3) is 0.286. The van der Waals surface area contributed by atoms with E-state index in [0.29, 0.717) is 12.4 Å². The Morgan fingerprint density at radius 1 is 1.32 bits per heavy atom. The lowest BCUT2D eigenvalue weighted by Gasteiger charge is -2.18. The Hall–Kier alpha value is -1.51. The summed E-state index contributed by atoms with van der Waals surface area (Å²) in [6, 6.07) is 7.62. The monoisotopic (exact) mass is 383 g/mol. The molecule has 1 atom stereocenters. The van der Waals surface area contributed by atoms with Gasteiger partial charge in [-0.05, 0) is 15.9 Å². The second-order valence-electron chi connectivity index (χ2n) is 5.38. The SMILES string of the molecule is NS(=O)(=O)CC1CC(=O)N(c2ncc(Br)c3ccccc23)C1. The van der Waals surface area contributed by atoms with Gasteiger partial charge in [0.05, 0.1) is 5.75 Å². The van der Waals surface area contributed by atoms with E-state index in [1.165, 1.54) is 0 Å². The Morgan fingerprint density at radius 3 is 2.68 bits per heavy atom. The molecule has 1 aliphatic rings. The highest BCUT2D eigenvalue weighted by Crippen LogP contribution is 2.33. The molecular weight excluding hydrogens is 370 g/mol. The second kappa shape index (κ2) is 5.60. The Kier molecular flexibility index (Phi) is 3.92. The molecule has 0 radical (unpaired) electrons. The zero-order chi connectivity index (χ0) is 15.9. The van der Waals surface area contributed by atoms with Crippen LogP contribution in [0.1, 0.15) is 6.42 Å². The van der Waals surface area contributed by atoms with Crippen LogP contribution < -0.4 is 10.0 Å². The summed E-state index contributed by atoms with van der Waals surface area (Å²) in [6.45, 7) is 0.313. The Labute approximate surface area is 136 Å². The summed E-state index contributed by atoms with van der Waals surface area (Å²) in [6.07, 6.45) is 1.82. The summed E-state index contributed by atoms with van der Waals surface area (Å²) < 4.78 is 23.3. The molecule has 1 amide bonds. The van der Waals surface area contributed by atoms with E-state index in [1.54, 1.807) is 11.1 Å². The molecule has 1 fully saturated rings. The van der Waals surface area contributed by atoms with Crippen LogP contribution in [-0.2, 0) is 14.8 Å². The molecule has 1 aliphatic heterocycles. The molecular formula is C14H14BrN3O3S. The van der Waals surface area contributed by atoms with Gasteiger partial charge in [0.1, 0.15) is 5.82 Å². The van der Waals surface area contributed by atoms with Crippen molar-refractivity contribution in [2.75, 3.05) is 17.2 Å². The maximum Gasteiger partial charge on any atom is 0.228 e. The number of hydrogen-bond donors (Lipinski definition) is 1. The van der Waals surface area contributed by atoms with Crippen molar-refractivity contribution in [3.63, 3.8) is 0 Å². The summed E-state index contributed by atoms with van der Waals surface area (Å²) >= 11 is 3.44. The third-order valence-corrected chi connectivity index (χ3v) is 5.22. The maximum absolute atomic E-state index is 12.2. The topological polar surface area (TPSA) is 93.4 Å². The van der Waals surface area contributed by atoms with E-state index < -0.39 is 10.0 Å². The van der Waals surface area contributed by atoms with Gasteiger partial charge in [-0.3, -0.25) is 9.69 Å². The lowest BCUT2D eigenvalue weighted by Crippen LogP contribution is -2.28. The predicted octanol–water partition coefficient (Wildman–Crippen LogP) is 1.64. The van der Waals surface area contributed by atoms with E-state index in [9.17, 15) is 13.2 Å². The number of sulfonamides is 1. The molecule has 2 aromatic rings. The van der Waals surface area contributed by atoms with Gasteiger partial charge >= 0.3 is 0 Å². The van der Waals surface area contributed by atoms with Crippen LogP contribution in [0, 0.1) is 5.92 Å². The van der Waals surface area contributed by atoms with Crippen LogP contribution in [0.3, 0.4) is 0 Å². The highest BCUT2D eigenvalue weighted by Gasteiger charge is 2.34. The van der Waals surface area contributed by atoms with Gasteiger partial charge in [0.2, 0.25) is 15.9 Å². The number of benzene rings is 1. The summed E-state index contributed by atoms with van der Waals surface area (Å²) in [5.74, 6) is -0.0648. The maximum atomic E-state index is 12.2. The number of fused-ring (bicyclic) bond motifs is 1. The lowest BCUT2D eigenvalue weighted by atomic mass is 10.1. The van der Waals surface area contributed by atoms with Crippen molar-refractivity contribution in [3.8, 4) is 0 Å². The zero-order valence-electron chi connectivity index (χ0n) is 11.6. The van der Waals surface area contributed by atoms with E-state index in [-0.39, 0.29) is 24.0 Å². The van der Waals surface area contributed by atoms with Crippen molar-refractivity contribution in [2.45, 2.75) is 6.42 Å². The van der Waals surface area contributed by atoms with Crippen molar-refractivity contribution >= 4 is 48.5 Å². The third-order valence-electron chi connectivity index (χ3n) is 3.65. The minimum atomic E-state index is -3.59. The number of nitrogens with two attached hydrogens (primary N) is 1. The van der Waals surface area contributed by atoms with Crippen LogP contribution in [0.15, 0.2) is 34.9 Å². The molecule has 2 heterocycles. The average Bonchev–Trinajstić information content (AvgIpc) is 2.78. The molecule has 8 heteroatoms. The first-order valence-corrected chi connectivity index (χ1v) is 9.20. The van der Waals surface area contributed by atoms with Crippen molar-refractivity contribution < 1.29 is 13.2 Å². The van der Waals surface area contributed by atoms with E-state index in [2.05, 4.69) is 20.9 Å². The van der Waals surface area contributed by atoms with Crippen molar-refractivity contribution in [1.29, 1.82) is 0 Å². The fourth-order valence-electron chi connectivity index (χ4n) is 2.78. The molecule has 0 saturated carbocycles. The molecule has 1 aromatic heterocycles. The fourth-order valence-corrected chi connectivity index (χ4v) is 4.11. The van der Waals surface area contributed by atoms with Crippen LogP contribution in [0.5, 0.6) is 0 Å². The van der Waals surface area contributed by atoms with Gasteiger partial charge in [-0.25, -0.2) is 18.5 Å². The van der Waals surface area contributed by atoms with Crippen LogP contribution in [-0.4, -0.2) is 31.6 Å². The van der Waals surface area contributed by atoms with Crippen molar-refractivity contribution in [1.82, 2.24) is 4.98 Å². The van der Waals surface area contributed by atoms with Gasteiger partial charge in [-0.1, -0.05) is 24.3 Å². The molecule has 1 aromatic carbocycles. The first-order chi connectivity index (χ1) is 10.3. The van der Waals surface area contributed by atoms with E-state index in [0.717, 1.165) is 15.2 Å². The molecule has 22 heavy (non-hydrogen) atoms. The van der Waals surface area contributed by atoms with E-state index in [1.807, 2.05) is 24.3 Å². The Morgan fingerprint density at radius 2 is 2.00 bits per heavy atom. The molecule has 0 aliphatic carbocycles. The number of aromatic nitrogens is 1. The first kappa shape index (κ1) is 15.4. The lowest BCUT2D eigenvalue weighted by molar-refractivity contribution is -0.117. The number of carbonyl (C=O) groups excluding carboxylic acids is 1. The standard InChI is InChI=1S/C14H14BrN3O3S/c15-12-6-17-14(11-4-2-1-3-10(11)12)18-7-9(5-13(18)19)8-22(16,20)21/h1-4,6,9H,5,7-8H2,(H2,16,20,21). The Balaban J connectivity index is 1.98. The van der Waals surface area contributed by atoms with Gasteiger partial charge in [0.15, 0.2) is 0 Å². The second-order valence-corrected chi connectivity index (χ2v) is 7.89. The van der Waals surface area contributed by atoms with E-state index >= 15 is 0 Å². The number of anilines is 1. The van der Waals surface area contributed by atoms with Crippen LogP contribution in [0.25, 0.3) is 10.8 Å². The van der Waals surface area contributed by atoms with Crippen LogP contribution in [0.2, 0.25) is 0 Å². The number of amides is 1. The normalized spacial score (nSPS) is 19.1. The van der Waals surface area contributed by atoms with E-state index in [4.69, 9.17) is 5.14 Å². The number of rotatable bonds is 3. The van der Waals surface area contributed by atoms with Crippen molar-refractivity contribution in [3.05, 3.63) is 34.9 Å². The number of carbonyl (C=O) groups is 1. The predicted molar refractivity (Wildman–Crippen MR) is 87.9 cm³/mol. The molecule has 1 saturated heterocycles. The van der Waals surface area contributed by atoms with Crippen LogP contribution in [0.4, 0.5) is 5.82 Å². The van der Waals surface area contributed by atoms with Crippen LogP contribution >= 0.6 is 15.9 Å². The molecule has 3 rings (SSSR count). The average molecular weight is 384 g/mol. The largest absolute Gasteiger partial charge is 0.296 e. The van der Waals surface area contributed by atoms with Gasteiger partial charge in [-0.2, -0.15) is 0 Å². The number of pyridine rings is 1. The highest BCUT2D eigenvalue weighted by molar-refractivity contribution is 9.10. The first-order valence-electron chi connectivity index (χ1n) is 6.69. The zero-order valence-corrected chi connectivity index (χ0v) is 14.0. The molecule has 116 valence electrons. The summed E-state index contributed by atoms with van der Waals surface area (Å²) in [5.41, 5.74) is 0. The highest BCUT2D eigenvalue weighted by atomic mass is 79.9. The Bertz CT molecular complexity index is 854. The van der Waals surface area contributed by atoms with Gasteiger partial charge in [0, 0.05) is 40.3 Å². The number of nitrogens with zero attached hydrogens (tertiary/aromatic N) is 2. The molecule has 0 bridgehead atoms. The minimum Gasteiger partial charge on any atom is -0.296 e. The van der Waals surface area contributed by atoms with Crippen molar-refractivity contribution in [2.24, 2.45) is 11.1 Å². The van der Waals surface area contributed by atoms with Gasteiger partial charge in [0.25, 0.3) is 0 Å². The summed E-state index contributed by atoms with van der Waals surface area (Å²) in [7, 11) is -3.59. The van der Waals surface area contributed by atoms with Gasteiger partial charge in [-0.15, -0.1) is 0 Å². The molecule has 2 N–H and O–H groups in total. The van der Waals surface area contributed by atoms with Gasteiger partial charge < -0.3 is 0 Å².